The number of aromatic nitrogens is 3. The zero-order valence-corrected chi connectivity index (χ0v) is 11.1. The summed E-state index contributed by atoms with van der Waals surface area (Å²) < 4.78 is 29.1. The number of hydrogen-bond donors (Lipinski definition) is 0. The molecule has 0 amide bonds. The quantitative estimate of drug-likeness (QED) is 0.759. The van der Waals surface area contributed by atoms with E-state index in [1.165, 1.54) is 24.2 Å². The second-order valence-corrected chi connectivity index (χ2v) is 5.73. The van der Waals surface area contributed by atoms with Crippen molar-refractivity contribution in [2.24, 2.45) is 0 Å². The Morgan fingerprint density at radius 3 is 2.63 bits per heavy atom. The van der Waals surface area contributed by atoms with Gasteiger partial charge < -0.3 is 4.74 Å². The first kappa shape index (κ1) is 13.2. The first-order valence-electron chi connectivity index (χ1n) is 5.23. The predicted octanol–water partition coefficient (Wildman–Crippen LogP) is 0.457. The molecule has 0 unspecified atom stereocenters. The lowest BCUT2D eigenvalue weighted by atomic mass is 10.3. The molecular formula is C11H11N3O4S. The van der Waals surface area contributed by atoms with Gasteiger partial charge in [-0.3, -0.25) is 0 Å². The Morgan fingerprint density at radius 1 is 1.32 bits per heavy atom. The first-order chi connectivity index (χ1) is 8.93. The molecular weight excluding hydrogens is 270 g/mol. The van der Waals surface area contributed by atoms with Gasteiger partial charge >= 0.3 is 5.97 Å². The summed E-state index contributed by atoms with van der Waals surface area (Å²) >= 11 is 0. The van der Waals surface area contributed by atoms with Crippen LogP contribution in [0, 0.1) is 0 Å². The smallest absolute Gasteiger partial charge is 0.377 e. The first-order valence-corrected chi connectivity index (χ1v) is 7.12. The van der Waals surface area contributed by atoms with E-state index in [2.05, 4.69) is 14.8 Å². The van der Waals surface area contributed by atoms with Crippen LogP contribution in [-0.4, -0.2) is 42.5 Å². The van der Waals surface area contributed by atoms with E-state index in [9.17, 15) is 13.2 Å². The largest absolute Gasteiger partial charge is 0.463 e. The van der Waals surface area contributed by atoms with Crippen molar-refractivity contribution in [2.45, 2.75) is 4.90 Å². The molecule has 0 aliphatic rings. The third kappa shape index (κ3) is 2.63. The molecule has 0 saturated carbocycles. The Balaban J connectivity index is 2.54. The van der Waals surface area contributed by atoms with Crippen molar-refractivity contribution in [1.82, 2.24) is 14.8 Å². The van der Waals surface area contributed by atoms with Gasteiger partial charge in [0.1, 0.15) is 6.33 Å². The second kappa shape index (κ2) is 4.81. The molecule has 0 atom stereocenters. The fourth-order valence-corrected chi connectivity index (χ4v) is 2.39. The number of carbonyl (C=O) groups excluding carboxylic acids is 1. The van der Waals surface area contributed by atoms with E-state index in [0.29, 0.717) is 5.69 Å². The number of esters is 1. The molecule has 0 bridgehead atoms. The molecule has 8 heteroatoms. The van der Waals surface area contributed by atoms with Gasteiger partial charge in [-0.15, -0.1) is 5.10 Å². The highest BCUT2D eigenvalue weighted by molar-refractivity contribution is 7.90. The summed E-state index contributed by atoms with van der Waals surface area (Å²) in [4.78, 5) is 15.1. The van der Waals surface area contributed by atoms with Crippen LogP contribution < -0.4 is 0 Å². The third-order valence-corrected chi connectivity index (χ3v) is 3.52. The summed E-state index contributed by atoms with van der Waals surface area (Å²) in [6.07, 6.45) is 2.36. The molecule has 0 aliphatic heterocycles. The predicted molar refractivity (Wildman–Crippen MR) is 65.8 cm³/mol. The lowest BCUT2D eigenvalue weighted by molar-refractivity contribution is 0.0587. The maximum atomic E-state index is 11.7. The maximum absolute atomic E-state index is 11.7. The van der Waals surface area contributed by atoms with Crippen molar-refractivity contribution in [3.8, 4) is 5.69 Å². The van der Waals surface area contributed by atoms with Gasteiger partial charge in [-0.2, -0.15) is 0 Å². The molecule has 1 aromatic heterocycles. The number of methoxy groups -OCH3 is 1. The van der Waals surface area contributed by atoms with Crippen LogP contribution in [0.25, 0.3) is 5.69 Å². The zero-order valence-electron chi connectivity index (χ0n) is 10.3. The summed E-state index contributed by atoms with van der Waals surface area (Å²) in [5, 5.41) is 3.89. The Morgan fingerprint density at radius 2 is 2.00 bits per heavy atom. The number of benzene rings is 1. The Kier molecular flexibility index (Phi) is 3.34. The number of nitrogens with zero attached hydrogens (tertiary/aromatic N) is 3. The van der Waals surface area contributed by atoms with E-state index in [0.717, 1.165) is 6.26 Å². The summed E-state index contributed by atoms with van der Waals surface area (Å²) in [7, 11) is -2.19. The molecule has 100 valence electrons. The molecule has 2 rings (SSSR count). The van der Waals surface area contributed by atoms with Crippen LogP contribution in [0.4, 0.5) is 0 Å². The minimum absolute atomic E-state index is 0.108. The van der Waals surface area contributed by atoms with Gasteiger partial charge in [0, 0.05) is 6.26 Å². The normalized spacial score (nSPS) is 11.3. The van der Waals surface area contributed by atoms with Gasteiger partial charge in [0.05, 0.1) is 17.7 Å². The molecule has 0 aliphatic carbocycles. The molecule has 7 nitrogen and oxygen atoms in total. The lowest BCUT2D eigenvalue weighted by Gasteiger charge is -2.06. The molecule has 0 N–H and O–H groups in total. The average Bonchev–Trinajstić information content (AvgIpc) is 2.86. The number of carbonyl (C=O) groups is 1. The van der Waals surface area contributed by atoms with E-state index in [4.69, 9.17) is 0 Å². The second-order valence-electron chi connectivity index (χ2n) is 3.74. The van der Waals surface area contributed by atoms with Gasteiger partial charge in [0.25, 0.3) is 5.82 Å². The van der Waals surface area contributed by atoms with Gasteiger partial charge in [0.15, 0.2) is 9.84 Å². The highest BCUT2D eigenvalue weighted by Gasteiger charge is 2.17. The van der Waals surface area contributed by atoms with Crippen LogP contribution in [-0.2, 0) is 14.6 Å². The number of sulfone groups is 1. The number of hydrogen-bond acceptors (Lipinski definition) is 6. The number of para-hydroxylation sites is 1. The molecule has 19 heavy (non-hydrogen) atoms. The molecule has 0 fully saturated rings. The van der Waals surface area contributed by atoms with Crippen molar-refractivity contribution in [3.63, 3.8) is 0 Å². The Hall–Kier alpha value is -2.22. The topological polar surface area (TPSA) is 91.1 Å². The molecule has 1 heterocycles. The summed E-state index contributed by atoms with van der Waals surface area (Å²) in [5.74, 6) is -0.818. The average molecular weight is 281 g/mol. The number of rotatable bonds is 3. The van der Waals surface area contributed by atoms with Crippen molar-refractivity contribution >= 4 is 15.8 Å². The SMILES string of the molecule is COC(=O)c1ncn(-c2ccccc2S(C)(=O)=O)n1. The minimum atomic E-state index is -3.40. The highest BCUT2D eigenvalue weighted by Crippen LogP contribution is 2.18. The zero-order chi connectivity index (χ0) is 14.0. The van der Waals surface area contributed by atoms with Crippen LogP contribution in [0.5, 0.6) is 0 Å². The summed E-state index contributed by atoms with van der Waals surface area (Å²) in [5.41, 5.74) is 0.327. The van der Waals surface area contributed by atoms with Crippen LogP contribution in [0.2, 0.25) is 0 Å². The van der Waals surface area contributed by atoms with E-state index < -0.39 is 15.8 Å². The van der Waals surface area contributed by atoms with E-state index in [-0.39, 0.29) is 10.7 Å². The van der Waals surface area contributed by atoms with Crippen LogP contribution in [0.1, 0.15) is 10.6 Å². The molecule has 1 aromatic carbocycles. The van der Waals surface area contributed by atoms with Crippen LogP contribution >= 0.6 is 0 Å². The van der Waals surface area contributed by atoms with Crippen molar-refractivity contribution in [1.29, 1.82) is 0 Å². The van der Waals surface area contributed by atoms with Crippen LogP contribution in [0.15, 0.2) is 35.5 Å². The fourth-order valence-electron chi connectivity index (χ4n) is 1.52. The van der Waals surface area contributed by atoms with Gasteiger partial charge in [-0.25, -0.2) is 22.9 Å². The minimum Gasteiger partial charge on any atom is -0.463 e. The van der Waals surface area contributed by atoms with E-state index >= 15 is 0 Å². The van der Waals surface area contributed by atoms with E-state index in [1.807, 2.05) is 0 Å². The van der Waals surface area contributed by atoms with E-state index in [1.54, 1.807) is 18.2 Å². The monoisotopic (exact) mass is 281 g/mol. The lowest BCUT2D eigenvalue weighted by Crippen LogP contribution is -2.08. The van der Waals surface area contributed by atoms with Crippen molar-refractivity contribution < 1.29 is 17.9 Å². The van der Waals surface area contributed by atoms with Crippen molar-refractivity contribution in [2.75, 3.05) is 13.4 Å². The van der Waals surface area contributed by atoms with Crippen molar-refractivity contribution in [3.05, 3.63) is 36.4 Å². The summed E-state index contributed by atoms with van der Waals surface area (Å²) in [6.45, 7) is 0. The Bertz CT molecular complexity index is 721. The summed E-state index contributed by atoms with van der Waals surface area (Å²) in [6, 6.07) is 6.32. The molecule has 0 spiro atoms. The maximum Gasteiger partial charge on any atom is 0.377 e. The van der Waals surface area contributed by atoms with Gasteiger partial charge in [-0.05, 0) is 12.1 Å². The molecule has 2 aromatic rings. The third-order valence-electron chi connectivity index (χ3n) is 2.37. The highest BCUT2D eigenvalue weighted by atomic mass is 32.2. The van der Waals surface area contributed by atoms with Crippen LogP contribution in [0.3, 0.4) is 0 Å². The fraction of sp³-hybridized carbons (Fsp3) is 0.182. The molecule has 0 radical (unpaired) electrons. The number of ether oxygens (including phenoxy) is 1. The molecule has 0 saturated heterocycles. The Labute approximate surface area is 109 Å². The standard InChI is InChI=1S/C11H11N3O4S/c1-18-11(15)10-12-7-14(13-10)8-5-3-4-6-9(8)19(2,16)17/h3-7H,1-2H3. The van der Waals surface area contributed by atoms with Gasteiger partial charge in [-0.1, -0.05) is 12.1 Å². The van der Waals surface area contributed by atoms with Gasteiger partial charge in [0.2, 0.25) is 0 Å².